The predicted molar refractivity (Wildman–Crippen MR) is 71.6 cm³/mol. The Balaban J connectivity index is 0.000000184. The second-order valence-corrected chi connectivity index (χ2v) is 3.80. The van der Waals surface area contributed by atoms with E-state index in [1.807, 2.05) is 0 Å². The van der Waals surface area contributed by atoms with E-state index in [0.717, 1.165) is 0 Å². The van der Waals surface area contributed by atoms with Gasteiger partial charge >= 0.3 is 0 Å². The predicted octanol–water partition coefficient (Wildman–Crippen LogP) is 3.28. The van der Waals surface area contributed by atoms with E-state index in [2.05, 4.69) is 31.8 Å². The van der Waals surface area contributed by atoms with Gasteiger partial charge in [-0.2, -0.15) is 0 Å². The number of hydrogen-bond acceptors (Lipinski definition) is 4. The van der Waals surface area contributed by atoms with Crippen molar-refractivity contribution in [1.82, 2.24) is 19.9 Å². The fraction of sp³-hybridized carbons (Fsp3) is 0.0909. The standard InChI is InChI=1S/C7H5ClN2.C4H2Cl2N2/c1-2-3-6-4-5-9-7(8)10-6;5-3-1-2-7-4(6)8-3/h4-5H,1H3;1-2H. The molecular weight excluding hydrogens is 295 g/mol. The maximum absolute atomic E-state index is 5.49. The average molecular weight is 302 g/mol. The van der Waals surface area contributed by atoms with E-state index in [1.165, 1.54) is 6.20 Å². The molecule has 0 aromatic carbocycles. The maximum atomic E-state index is 5.49. The molecule has 0 saturated heterocycles. The molecule has 0 atom stereocenters. The van der Waals surface area contributed by atoms with Gasteiger partial charge in [0, 0.05) is 12.4 Å². The maximum Gasteiger partial charge on any atom is 0.223 e. The molecule has 0 saturated carbocycles. The summed E-state index contributed by atoms with van der Waals surface area (Å²) in [6.45, 7) is 1.75. The van der Waals surface area contributed by atoms with E-state index in [0.29, 0.717) is 10.8 Å². The van der Waals surface area contributed by atoms with Crippen LogP contribution in [0.3, 0.4) is 0 Å². The Morgan fingerprint density at radius 2 is 1.56 bits per heavy atom. The Labute approximate surface area is 119 Å². The van der Waals surface area contributed by atoms with Gasteiger partial charge in [0.15, 0.2) is 0 Å². The molecular formula is C11H7Cl3N4. The molecule has 0 fully saturated rings. The molecule has 4 nitrogen and oxygen atoms in total. The van der Waals surface area contributed by atoms with Crippen LogP contribution in [-0.4, -0.2) is 19.9 Å². The first-order chi connectivity index (χ1) is 8.61. The number of rotatable bonds is 0. The molecule has 0 amide bonds. The van der Waals surface area contributed by atoms with Crippen LogP contribution in [0, 0.1) is 11.8 Å². The van der Waals surface area contributed by atoms with Gasteiger partial charge in [-0.3, -0.25) is 0 Å². The lowest BCUT2D eigenvalue weighted by molar-refractivity contribution is 1.15. The van der Waals surface area contributed by atoms with Crippen LogP contribution in [-0.2, 0) is 0 Å². The molecule has 7 heteroatoms. The van der Waals surface area contributed by atoms with Gasteiger partial charge in [0.25, 0.3) is 0 Å². The van der Waals surface area contributed by atoms with Crippen LogP contribution in [0.25, 0.3) is 0 Å². The van der Waals surface area contributed by atoms with Gasteiger partial charge in [0.05, 0.1) is 0 Å². The quantitative estimate of drug-likeness (QED) is 0.426. The number of halogens is 3. The largest absolute Gasteiger partial charge is 0.226 e. The van der Waals surface area contributed by atoms with Crippen molar-refractivity contribution in [2.24, 2.45) is 0 Å². The topological polar surface area (TPSA) is 51.6 Å². The molecule has 0 aliphatic carbocycles. The number of aromatic nitrogens is 4. The summed E-state index contributed by atoms with van der Waals surface area (Å²) < 4.78 is 0. The summed E-state index contributed by atoms with van der Waals surface area (Å²) >= 11 is 16.2. The first-order valence-electron chi connectivity index (χ1n) is 4.67. The lowest BCUT2D eigenvalue weighted by Gasteiger charge is -1.87. The summed E-state index contributed by atoms with van der Waals surface area (Å²) in [5.74, 6) is 5.48. The highest BCUT2D eigenvalue weighted by molar-refractivity contribution is 6.31. The van der Waals surface area contributed by atoms with Crippen LogP contribution in [0.2, 0.25) is 15.7 Å². The molecule has 0 radical (unpaired) electrons. The molecule has 0 aliphatic heterocycles. The summed E-state index contributed by atoms with van der Waals surface area (Å²) in [4.78, 5) is 14.8. The van der Waals surface area contributed by atoms with Gasteiger partial charge in [0.1, 0.15) is 10.8 Å². The Kier molecular flexibility index (Phi) is 6.37. The van der Waals surface area contributed by atoms with Crippen LogP contribution in [0.15, 0.2) is 24.5 Å². The minimum atomic E-state index is 0.178. The van der Waals surface area contributed by atoms with Crippen LogP contribution in [0.1, 0.15) is 12.6 Å². The SMILES string of the molecule is CC#Cc1ccnc(Cl)n1.Clc1ccnc(Cl)n1. The second-order valence-electron chi connectivity index (χ2n) is 2.73. The molecule has 18 heavy (non-hydrogen) atoms. The van der Waals surface area contributed by atoms with Gasteiger partial charge < -0.3 is 0 Å². The molecule has 0 N–H and O–H groups in total. The molecule has 2 rings (SSSR count). The molecule has 0 unspecified atom stereocenters. The van der Waals surface area contributed by atoms with Crippen molar-refractivity contribution >= 4 is 34.8 Å². The van der Waals surface area contributed by atoms with Crippen molar-refractivity contribution < 1.29 is 0 Å². The van der Waals surface area contributed by atoms with Crippen LogP contribution in [0.5, 0.6) is 0 Å². The van der Waals surface area contributed by atoms with E-state index in [4.69, 9.17) is 34.8 Å². The van der Waals surface area contributed by atoms with E-state index in [-0.39, 0.29) is 10.6 Å². The molecule has 2 aromatic rings. The van der Waals surface area contributed by atoms with Crippen molar-refractivity contribution in [1.29, 1.82) is 0 Å². The average Bonchev–Trinajstić information content (AvgIpc) is 2.30. The summed E-state index contributed by atoms with van der Waals surface area (Å²) in [6.07, 6.45) is 3.08. The van der Waals surface area contributed by atoms with Gasteiger partial charge in [-0.05, 0) is 48.2 Å². The lowest BCUT2D eigenvalue weighted by atomic mass is 10.4. The minimum Gasteiger partial charge on any atom is -0.226 e. The Morgan fingerprint density at radius 3 is 2.00 bits per heavy atom. The summed E-state index contributed by atoms with van der Waals surface area (Å²) in [6, 6.07) is 3.27. The monoisotopic (exact) mass is 300 g/mol. The lowest BCUT2D eigenvalue weighted by Crippen LogP contribution is -1.84. The summed E-state index contributed by atoms with van der Waals surface area (Å²) in [5.41, 5.74) is 0.655. The molecule has 0 bridgehead atoms. The molecule has 0 spiro atoms. The van der Waals surface area contributed by atoms with Crippen LogP contribution >= 0.6 is 34.8 Å². The highest BCUT2D eigenvalue weighted by Gasteiger charge is 1.89. The van der Waals surface area contributed by atoms with Gasteiger partial charge in [-0.25, -0.2) is 19.9 Å². The molecule has 0 aliphatic rings. The fourth-order valence-electron chi connectivity index (χ4n) is 0.847. The zero-order valence-electron chi connectivity index (χ0n) is 9.23. The third-order valence-corrected chi connectivity index (χ3v) is 2.05. The van der Waals surface area contributed by atoms with Crippen molar-refractivity contribution in [3.05, 3.63) is 45.9 Å². The smallest absolute Gasteiger partial charge is 0.223 e. The van der Waals surface area contributed by atoms with Crippen molar-refractivity contribution in [2.75, 3.05) is 0 Å². The summed E-state index contributed by atoms with van der Waals surface area (Å²) in [5, 5.41) is 0.780. The first-order valence-corrected chi connectivity index (χ1v) is 5.80. The van der Waals surface area contributed by atoms with Gasteiger partial charge in [0.2, 0.25) is 10.6 Å². The molecule has 92 valence electrons. The van der Waals surface area contributed by atoms with E-state index >= 15 is 0 Å². The number of hydrogen-bond donors (Lipinski definition) is 0. The van der Waals surface area contributed by atoms with E-state index in [9.17, 15) is 0 Å². The van der Waals surface area contributed by atoms with Crippen LogP contribution < -0.4 is 0 Å². The molecule has 2 aromatic heterocycles. The number of nitrogens with zero attached hydrogens (tertiary/aromatic N) is 4. The highest BCUT2D eigenvalue weighted by Crippen LogP contribution is 2.04. The zero-order valence-corrected chi connectivity index (χ0v) is 11.5. The highest BCUT2D eigenvalue weighted by atomic mass is 35.5. The van der Waals surface area contributed by atoms with Crippen molar-refractivity contribution in [3.63, 3.8) is 0 Å². The Bertz CT molecular complexity index is 560. The normalized spacial score (nSPS) is 8.67. The Morgan fingerprint density at radius 1 is 0.944 bits per heavy atom. The minimum absolute atomic E-state index is 0.178. The van der Waals surface area contributed by atoms with Crippen LogP contribution in [0.4, 0.5) is 0 Å². The second kappa shape index (κ2) is 7.83. The van der Waals surface area contributed by atoms with E-state index < -0.39 is 0 Å². The summed E-state index contributed by atoms with van der Waals surface area (Å²) in [7, 11) is 0. The van der Waals surface area contributed by atoms with Gasteiger partial charge in [-0.15, -0.1) is 0 Å². The van der Waals surface area contributed by atoms with Crippen molar-refractivity contribution in [3.8, 4) is 11.8 Å². The van der Waals surface area contributed by atoms with Crippen molar-refractivity contribution in [2.45, 2.75) is 6.92 Å². The first kappa shape index (κ1) is 14.7. The Hall–Kier alpha value is -1.41. The van der Waals surface area contributed by atoms with Gasteiger partial charge in [-0.1, -0.05) is 17.5 Å². The zero-order chi connectivity index (χ0) is 13.4. The third kappa shape index (κ3) is 5.78. The van der Waals surface area contributed by atoms with E-state index in [1.54, 1.807) is 25.3 Å². The fourth-order valence-corrected chi connectivity index (χ4v) is 1.32. The molecule has 2 heterocycles. The third-order valence-electron chi connectivity index (χ3n) is 1.47.